The largest absolute Gasteiger partial charge is 0.477 e. The molecule has 26 heavy (non-hydrogen) atoms. The normalized spacial score (nSPS) is 11.4. The van der Waals surface area contributed by atoms with E-state index in [-0.39, 0.29) is 25.5 Å². The van der Waals surface area contributed by atoms with Crippen LogP contribution in [0.2, 0.25) is 0 Å². The van der Waals surface area contributed by atoms with Crippen LogP contribution in [0.3, 0.4) is 0 Å². The Bertz CT molecular complexity index is 692. The van der Waals surface area contributed by atoms with Gasteiger partial charge in [-0.2, -0.15) is 5.06 Å². The first kappa shape index (κ1) is 19.3. The van der Waals surface area contributed by atoms with Gasteiger partial charge in [0.25, 0.3) is 12.2 Å². The Morgan fingerprint density at radius 3 is 2.12 bits per heavy atom. The monoisotopic (exact) mass is 359 g/mol. The number of aliphatic carboxylic acids is 1. The minimum Gasteiger partial charge on any atom is -0.477 e. The summed E-state index contributed by atoms with van der Waals surface area (Å²) in [4.78, 5) is 28.9. The molecule has 0 heterocycles. The highest BCUT2D eigenvalue weighted by atomic mass is 16.7. The van der Waals surface area contributed by atoms with E-state index in [4.69, 9.17) is 14.3 Å². The first-order valence-corrected chi connectivity index (χ1v) is 8.19. The van der Waals surface area contributed by atoms with E-state index in [1.807, 2.05) is 6.07 Å². The maximum Gasteiger partial charge on any atom is 0.373 e. The summed E-state index contributed by atoms with van der Waals surface area (Å²) in [7, 11) is 0. The molecule has 2 rings (SSSR count). The lowest BCUT2D eigenvalue weighted by Crippen LogP contribution is -2.39. The number of rotatable bonds is 10. The number of carbonyl (C=O) groups is 2. The van der Waals surface area contributed by atoms with Gasteiger partial charge in [-0.1, -0.05) is 43.3 Å². The van der Waals surface area contributed by atoms with Gasteiger partial charge in [0.2, 0.25) is 0 Å². The third kappa shape index (κ3) is 6.10. The van der Waals surface area contributed by atoms with E-state index in [1.54, 1.807) is 61.5 Å². The molecule has 0 aliphatic heterocycles. The van der Waals surface area contributed by atoms with Crippen molar-refractivity contribution in [1.82, 2.24) is 5.06 Å². The Hall–Kier alpha value is -3.06. The van der Waals surface area contributed by atoms with Crippen molar-refractivity contribution in [3.63, 3.8) is 0 Å². The molecule has 2 aromatic carbocycles. The van der Waals surface area contributed by atoms with Gasteiger partial charge in [-0.3, -0.25) is 4.79 Å². The Labute approximate surface area is 151 Å². The molecule has 2 aromatic rings. The van der Waals surface area contributed by atoms with Crippen LogP contribution in [0.5, 0.6) is 11.5 Å². The van der Waals surface area contributed by atoms with E-state index in [0.29, 0.717) is 11.5 Å². The maximum atomic E-state index is 12.0. The molecule has 0 radical (unpaired) electrons. The number of carbonyl (C=O) groups excluding carboxylic acids is 1. The number of hydrogen-bond acceptors (Lipinski definition) is 5. The fraction of sp³-hybridized carbons (Fsp3) is 0.263. The summed E-state index contributed by atoms with van der Waals surface area (Å²) >= 11 is 0. The lowest BCUT2D eigenvalue weighted by atomic mass is 10.3. The Balaban J connectivity index is 1.91. The van der Waals surface area contributed by atoms with Crippen LogP contribution in [-0.4, -0.2) is 41.5 Å². The molecular formula is C19H21NO6. The first-order chi connectivity index (χ1) is 12.6. The van der Waals surface area contributed by atoms with Crippen LogP contribution in [0, 0.1) is 0 Å². The lowest BCUT2D eigenvalue weighted by molar-refractivity contribution is -0.178. The van der Waals surface area contributed by atoms with Gasteiger partial charge < -0.3 is 19.4 Å². The predicted molar refractivity (Wildman–Crippen MR) is 93.5 cm³/mol. The fourth-order valence-corrected chi connectivity index (χ4v) is 2.03. The van der Waals surface area contributed by atoms with Crippen molar-refractivity contribution in [1.29, 1.82) is 0 Å². The van der Waals surface area contributed by atoms with Crippen molar-refractivity contribution in [3.05, 3.63) is 60.7 Å². The smallest absolute Gasteiger partial charge is 0.373 e. The summed E-state index contributed by atoms with van der Waals surface area (Å²) in [5, 5.41) is 10.4. The van der Waals surface area contributed by atoms with Crippen LogP contribution in [0.25, 0.3) is 0 Å². The second-order valence-electron chi connectivity index (χ2n) is 5.23. The number of amides is 1. The molecule has 1 N–H and O–H groups in total. The van der Waals surface area contributed by atoms with E-state index < -0.39 is 12.3 Å². The van der Waals surface area contributed by atoms with Crippen LogP contribution in [0.15, 0.2) is 60.7 Å². The molecule has 138 valence electrons. The average molecular weight is 359 g/mol. The van der Waals surface area contributed by atoms with Gasteiger partial charge in [-0.25, -0.2) is 4.79 Å². The number of hydroxylamine groups is 2. The van der Waals surface area contributed by atoms with Gasteiger partial charge >= 0.3 is 5.97 Å². The molecule has 1 unspecified atom stereocenters. The summed E-state index contributed by atoms with van der Waals surface area (Å²) in [5.41, 5.74) is 0. The van der Waals surface area contributed by atoms with Crippen molar-refractivity contribution in [2.45, 2.75) is 19.6 Å². The Morgan fingerprint density at radius 1 is 1.00 bits per heavy atom. The molecule has 0 aliphatic carbocycles. The van der Waals surface area contributed by atoms with Gasteiger partial charge in [0.15, 0.2) is 5.75 Å². The van der Waals surface area contributed by atoms with Crippen molar-refractivity contribution in [2.24, 2.45) is 0 Å². The Kier molecular flexibility index (Phi) is 7.45. The quantitative estimate of drug-likeness (QED) is 0.519. The first-order valence-electron chi connectivity index (χ1n) is 8.19. The summed E-state index contributed by atoms with van der Waals surface area (Å²) in [6.45, 7) is 1.70. The second-order valence-corrected chi connectivity index (χ2v) is 5.23. The zero-order valence-corrected chi connectivity index (χ0v) is 14.4. The minimum absolute atomic E-state index is 0.0590. The van der Waals surface area contributed by atoms with Gasteiger partial charge in [-0.05, 0) is 24.3 Å². The number of hydrogen-bond donors (Lipinski definition) is 1. The summed E-state index contributed by atoms with van der Waals surface area (Å²) in [6.07, 6.45) is -1.23. The van der Waals surface area contributed by atoms with Crippen LogP contribution in [0.4, 0.5) is 0 Å². The summed E-state index contributed by atoms with van der Waals surface area (Å²) < 4.78 is 10.6. The average Bonchev–Trinajstić information content (AvgIpc) is 2.67. The minimum atomic E-state index is -1.48. The summed E-state index contributed by atoms with van der Waals surface area (Å²) in [5.74, 6) is -0.619. The standard InChI is InChI=1S/C19H21NO6/c1-2-17(21)20(26-16-11-7-4-8-12-16)13-14-24-19(18(22)23)25-15-9-5-3-6-10-15/h3-12,19H,2,13-14H2,1H3,(H,22,23). The third-order valence-corrected chi connectivity index (χ3v) is 3.29. The second kappa shape index (κ2) is 10.0. The molecule has 0 saturated heterocycles. The molecule has 0 fully saturated rings. The SMILES string of the molecule is CCC(=O)N(CCOC(Oc1ccccc1)C(=O)O)Oc1ccccc1. The fourth-order valence-electron chi connectivity index (χ4n) is 2.03. The number of ether oxygens (including phenoxy) is 2. The van der Waals surface area contributed by atoms with Gasteiger partial charge in [0, 0.05) is 6.42 Å². The van der Waals surface area contributed by atoms with Gasteiger partial charge in [-0.15, -0.1) is 0 Å². The Morgan fingerprint density at radius 2 is 1.58 bits per heavy atom. The van der Waals surface area contributed by atoms with Crippen LogP contribution in [0.1, 0.15) is 13.3 Å². The zero-order valence-electron chi connectivity index (χ0n) is 14.4. The molecule has 0 spiro atoms. The molecule has 1 amide bonds. The van der Waals surface area contributed by atoms with Crippen molar-refractivity contribution in [2.75, 3.05) is 13.2 Å². The lowest BCUT2D eigenvalue weighted by Gasteiger charge is -2.23. The van der Waals surface area contributed by atoms with Crippen LogP contribution < -0.4 is 9.57 Å². The molecule has 7 heteroatoms. The van der Waals surface area contributed by atoms with Gasteiger partial charge in [0.05, 0.1) is 13.2 Å². The van der Waals surface area contributed by atoms with E-state index in [9.17, 15) is 14.7 Å². The van der Waals surface area contributed by atoms with Crippen molar-refractivity contribution >= 4 is 11.9 Å². The third-order valence-electron chi connectivity index (χ3n) is 3.29. The van der Waals surface area contributed by atoms with E-state index in [2.05, 4.69) is 0 Å². The van der Waals surface area contributed by atoms with E-state index in [0.717, 1.165) is 5.06 Å². The maximum absolute atomic E-state index is 12.0. The molecule has 0 bridgehead atoms. The zero-order chi connectivity index (χ0) is 18.8. The number of carboxylic acid groups (broad SMARTS) is 1. The van der Waals surface area contributed by atoms with Crippen LogP contribution in [-0.2, 0) is 14.3 Å². The predicted octanol–water partition coefficient (Wildman–Crippen LogP) is 2.73. The van der Waals surface area contributed by atoms with Crippen molar-refractivity contribution < 1.29 is 29.0 Å². The van der Waals surface area contributed by atoms with Gasteiger partial charge in [0.1, 0.15) is 5.75 Å². The van der Waals surface area contributed by atoms with E-state index >= 15 is 0 Å². The molecule has 0 aromatic heterocycles. The van der Waals surface area contributed by atoms with Crippen LogP contribution >= 0.6 is 0 Å². The molecule has 0 aliphatic rings. The number of benzene rings is 2. The number of para-hydroxylation sites is 2. The number of carboxylic acids is 1. The molecule has 1 atom stereocenters. The number of nitrogens with zero attached hydrogens (tertiary/aromatic N) is 1. The highest BCUT2D eigenvalue weighted by Gasteiger charge is 2.22. The molecule has 7 nitrogen and oxygen atoms in total. The topological polar surface area (TPSA) is 85.3 Å². The summed E-state index contributed by atoms with van der Waals surface area (Å²) in [6, 6.07) is 17.3. The van der Waals surface area contributed by atoms with Crippen molar-refractivity contribution in [3.8, 4) is 11.5 Å². The highest BCUT2D eigenvalue weighted by molar-refractivity contribution is 5.75. The molecular weight excluding hydrogens is 338 g/mol. The van der Waals surface area contributed by atoms with E-state index in [1.165, 1.54) is 0 Å². The molecule has 0 saturated carbocycles. The highest BCUT2D eigenvalue weighted by Crippen LogP contribution is 2.13.